The smallest absolute Gasteiger partial charge is 0.249 e. The molecule has 376 valence electrons. The second-order valence-electron chi connectivity index (χ2n) is 20.0. The Morgan fingerprint density at radius 2 is 0.651 bits per heavy atom. The zero-order chi connectivity index (χ0) is 45.9. The van der Waals surface area contributed by atoms with Crippen molar-refractivity contribution in [3.63, 3.8) is 0 Å². The highest BCUT2D eigenvalue weighted by Crippen LogP contribution is 2.18. The van der Waals surface area contributed by atoms with E-state index in [1.165, 1.54) is 250 Å². The van der Waals surface area contributed by atoms with Gasteiger partial charge in [0, 0.05) is 0 Å². The number of unbranched alkanes of at least 4 members (excludes halogenated alkanes) is 42. The molecule has 4 unspecified atom stereocenters. The molecule has 5 N–H and O–H groups in total. The van der Waals surface area contributed by atoms with E-state index in [4.69, 9.17) is 0 Å². The summed E-state index contributed by atoms with van der Waals surface area (Å²) in [5, 5.41) is 43.9. The van der Waals surface area contributed by atoms with Crippen LogP contribution in [0.4, 0.5) is 0 Å². The van der Waals surface area contributed by atoms with E-state index in [1.807, 2.05) is 0 Å². The zero-order valence-electron chi connectivity index (χ0n) is 42.6. The molecule has 6 nitrogen and oxygen atoms in total. The third-order valence-corrected chi connectivity index (χ3v) is 13.7. The van der Waals surface area contributed by atoms with Crippen LogP contribution < -0.4 is 5.32 Å². The van der Waals surface area contributed by atoms with Gasteiger partial charge in [-0.25, -0.2) is 0 Å². The van der Waals surface area contributed by atoms with E-state index in [1.54, 1.807) is 0 Å². The van der Waals surface area contributed by atoms with Crippen LogP contribution >= 0.6 is 0 Å². The van der Waals surface area contributed by atoms with Gasteiger partial charge >= 0.3 is 0 Å². The molecule has 0 radical (unpaired) electrons. The number of allylic oxidation sites excluding steroid dienone is 2. The van der Waals surface area contributed by atoms with E-state index < -0.39 is 36.9 Å². The van der Waals surface area contributed by atoms with Crippen molar-refractivity contribution in [3.05, 3.63) is 12.2 Å². The molecule has 0 aromatic heterocycles. The largest absolute Gasteiger partial charge is 0.394 e. The van der Waals surface area contributed by atoms with Crippen LogP contribution in [0.5, 0.6) is 0 Å². The second-order valence-corrected chi connectivity index (χ2v) is 20.0. The third-order valence-electron chi connectivity index (χ3n) is 13.7. The van der Waals surface area contributed by atoms with Crippen LogP contribution in [-0.2, 0) is 4.79 Å². The molecule has 0 aromatic rings. The number of amides is 1. The van der Waals surface area contributed by atoms with Gasteiger partial charge in [0.15, 0.2) is 0 Å². The second kappa shape index (κ2) is 52.0. The predicted octanol–water partition coefficient (Wildman–Crippen LogP) is 16.5. The molecule has 0 spiro atoms. The van der Waals surface area contributed by atoms with Gasteiger partial charge in [-0.05, 0) is 38.5 Å². The van der Waals surface area contributed by atoms with Gasteiger partial charge < -0.3 is 25.7 Å². The Balaban J connectivity index is 3.54. The van der Waals surface area contributed by atoms with Crippen molar-refractivity contribution in [3.8, 4) is 0 Å². The molecule has 0 saturated carbocycles. The first-order valence-electron chi connectivity index (χ1n) is 28.6. The average Bonchev–Trinajstić information content (AvgIpc) is 3.29. The van der Waals surface area contributed by atoms with Crippen molar-refractivity contribution in [1.29, 1.82) is 0 Å². The van der Waals surface area contributed by atoms with Crippen molar-refractivity contribution in [1.82, 2.24) is 5.32 Å². The van der Waals surface area contributed by atoms with E-state index in [9.17, 15) is 25.2 Å². The SMILES string of the molecule is CCCCCCCCCCCC/C=C/CCCC(O)C(O)C(CO)NC(=O)C(O)CCCCCCCCCCCCCCCCCCCCCCCCCCCCCCCCCC. The maximum absolute atomic E-state index is 12.6. The maximum Gasteiger partial charge on any atom is 0.249 e. The number of nitrogens with one attached hydrogen (secondary N) is 1. The lowest BCUT2D eigenvalue weighted by molar-refractivity contribution is -0.132. The fourth-order valence-electron chi connectivity index (χ4n) is 9.23. The summed E-state index contributed by atoms with van der Waals surface area (Å²) in [4.78, 5) is 12.6. The number of hydrogen-bond donors (Lipinski definition) is 5. The summed E-state index contributed by atoms with van der Waals surface area (Å²) in [7, 11) is 0. The van der Waals surface area contributed by atoms with Crippen LogP contribution in [0.15, 0.2) is 12.2 Å². The summed E-state index contributed by atoms with van der Waals surface area (Å²) < 4.78 is 0. The van der Waals surface area contributed by atoms with Crippen LogP contribution in [0.25, 0.3) is 0 Å². The molecule has 0 saturated heterocycles. The number of aliphatic hydroxyl groups is 4. The van der Waals surface area contributed by atoms with Gasteiger partial charge in [-0.3, -0.25) is 4.79 Å². The first-order valence-corrected chi connectivity index (χ1v) is 28.6. The molecule has 4 atom stereocenters. The van der Waals surface area contributed by atoms with Gasteiger partial charge in [-0.1, -0.05) is 289 Å². The van der Waals surface area contributed by atoms with Gasteiger partial charge in [0.2, 0.25) is 5.91 Å². The molecule has 63 heavy (non-hydrogen) atoms. The quantitative estimate of drug-likeness (QED) is 0.0309. The number of rotatable bonds is 53. The Hall–Kier alpha value is -0.950. The molecule has 0 fully saturated rings. The highest BCUT2D eigenvalue weighted by Gasteiger charge is 2.28. The van der Waals surface area contributed by atoms with Gasteiger partial charge in [0.05, 0.1) is 18.8 Å². The Bertz CT molecular complexity index is 913. The summed E-state index contributed by atoms with van der Waals surface area (Å²) in [5.74, 6) is -0.587. The van der Waals surface area contributed by atoms with E-state index in [0.717, 1.165) is 38.5 Å². The minimum atomic E-state index is -1.28. The molecule has 6 heteroatoms. The molecule has 0 aromatic carbocycles. The fraction of sp³-hybridized carbons (Fsp3) is 0.947. The van der Waals surface area contributed by atoms with Crippen molar-refractivity contribution in [2.45, 2.75) is 340 Å². The van der Waals surface area contributed by atoms with Gasteiger partial charge in [0.1, 0.15) is 12.2 Å². The van der Waals surface area contributed by atoms with Crippen LogP contribution in [-0.4, -0.2) is 57.3 Å². The van der Waals surface area contributed by atoms with E-state index in [-0.39, 0.29) is 0 Å². The molecule has 0 aliphatic rings. The Morgan fingerprint density at radius 1 is 0.381 bits per heavy atom. The number of carbonyl (C=O) groups is 1. The first-order chi connectivity index (χ1) is 31.0. The van der Waals surface area contributed by atoms with Crippen molar-refractivity contribution in [2.75, 3.05) is 6.61 Å². The monoisotopic (exact) mass is 892 g/mol. The van der Waals surface area contributed by atoms with Crippen LogP contribution in [0.1, 0.15) is 316 Å². The molecular formula is C57H113NO5. The molecule has 0 aliphatic carbocycles. The molecule has 0 bridgehead atoms. The summed E-state index contributed by atoms with van der Waals surface area (Å²) >= 11 is 0. The van der Waals surface area contributed by atoms with E-state index in [2.05, 4.69) is 31.3 Å². The van der Waals surface area contributed by atoms with Gasteiger partial charge in [-0.15, -0.1) is 0 Å². The molecule has 1 amide bonds. The first kappa shape index (κ1) is 62.1. The van der Waals surface area contributed by atoms with Gasteiger partial charge in [0.25, 0.3) is 0 Å². The number of hydrogen-bond acceptors (Lipinski definition) is 5. The molecule has 0 rings (SSSR count). The topological polar surface area (TPSA) is 110 Å². The van der Waals surface area contributed by atoms with Crippen LogP contribution in [0.2, 0.25) is 0 Å². The average molecular weight is 893 g/mol. The van der Waals surface area contributed by atoms with Crippen molar-refractivity contribution >= 4 is 5.91 Å². The maximum atomic E-state index is 12.6. The predicted molar refractivity (Wildman–Crippen MR) is 275 cm³/mol. The molecule has 0 aliphatic heterocycles. The highest BCUT2D eigenvalue weighted by atomic mass is 16.3. The minimum Gasteiger partial charge on any atom is -0.394 e. The lowest BCUT2D eigenvalue weighted by Crippen LogP contribution is -2.53. The van der Waals surface area contributed by atoms with E-state index >= 15 is 0 Å². The zero-order valence-corrected chi connectivity index (χ0v) is 42.6. The van der Waals surface area contributed by atoms with Crippen molar-refractivity contribution < 1.29 is 25.2 Å². The standard InChI is InChI=1S/C57H113NO5/c1-3-5-7-9-11-13-15-17-19-20-21-22-23-24-25-26-27-28-29-30-31-32-33-34-35-37-39-41-43-45-47-49-51-55(61)57(63)58-53(52-59)56(62)54(60)50-48-46-44-42-40-38-36-18-16-14-12-10-8-6-4-2/h42,44,53-56,59-62H,3-41,43,45-52H2,1-2H3,(H,58,63)/b44-42+. The third kappa shape index (κ3) is 46.0. The lowest BCUT2D eigenvalue weighted by Gasteiger charge is -2.27. The number of aliphatic hydroxyl groups excluding tert-OH is 4. The summed E-state index contributed by atoms with van der Waals surface area (Å²) in [6.45, 7) is 4.07. The minimum absolute atomic E-state index is 0.369. The highest BCUT2D eigenvalue weighted by molar-refractivity contribution is 5.80. The van der Waals surface area contributed by atoms with Crippen LogP contribution in [0, 0.1) is 0 Å². The lowest BCUT2D eigenvalue weighted by atomic mass is 10.00. The molecule has 0 heterocycles. The van der Waals surface area contributed by atoms with Crippen molar-refractivity contribution in [2.24, 2.45) is 0 Å². The normalized spacial score (nSPS) is 13.8. The number of carbonyl (C=O) groups excluding carboxylic acids is 1. The Kier molecular flexibility index (Phi) is 51.2. The van der Waals surface area contributed by atoms with Crippen LogP contribution in [0.3, 0.4) is 0 Å². The Labute approximate surface area is 393 Å². The Morgan fingerprint density at radius 3 is 0.952 bits per heavy atom. The van der Waals surface area contributed by atoms with Gasteiger partial charge in [-0.2, -0.15) is 0 Å². The summed E-state index contributed by atoms with van der Waals surface area (Å²) in [5.41, 5.74) is 0. The summed E-state index contributed by atoms with van der Waals surface area (Å²) in [6.07, 6.45) is 61.6. The van der Waals surface area contributed by atoms with E-state index in [0.29, 0.717) is 12.8 Å². The summed E-state index contributed by atoms with van der Waals surface area (Å²) in [6, 6.07) is -0.998. The molecular weight excluding hydrogens is 779 g/mol. The fourth-order valence-corrected chi connectivity index (χ4v) is 9.23.